The van der Waals surface area contributed by atoms with Crippen molar-refractivity contribution in [2.45, 2.75) is 0 Å². The maximum absolute atomic E-state index is 6.60. The van der Waals surface area contributed by atoms with Crippen LogP contribution in [0.5, 0.6) is 0 Å². The molecule has 0 N–H and O–H groups in total. The topological polar surface area (TPSA) is 61.7 Å². The first-order valence-electron chi connectivity index (χ1n) is 21.2. The average Bonchev–Trinajstić information content (AvgIpc) is 4.02. The second-order valence-corrected chi connectivity index (χ2v) is 16.0. The average molecular weight is 806 g/mol. The van der Waals surface area contributed by atoms with Crippen LogP contribution in [0.4, 0.5) is 0 Å². The fraction of sp³-hybridized carbons (Fsp3) is 0. The number of hydrogen-bond donors (Lipinski definition) is 0. The van der Waals surface area contributed by atoms with E-state index in [2.05, 4.69) is 191 Å². The molecule has 63 heavy (non-hydrogen) atoms. The Labute approximate surface area is 361 Å². The lowest BCUT2D eigenvalue weighted by Gasteiger charge is -2.14. The molecule has 4 heterocycles. The van der Waals surface area contributed by atoms with Crippen molar-refractivity contribution >= 4 is 65.6 Å². The molecule has 0 atom stereocenters. The third-order valence-electron chi connectivity index (χ3n) is 12.4. The van der Waals surface area contributed by atoms with Gasteiger partial charge in [-0.25, -0.2) is 4.98 Å². The van der Waals surface area contributed by atoms with Crippen LogP contribution in [0.25, 0.3) is 122 Å². The van der Waals surface area contributed by atoms with Crippen LogP contribution in [0.1, 0.15) is 0 Å². The van der Waals surface area contributed by atoms with Crippen molar-refractivity contribution in [3.63, 3.8) is 0 Å². The predicted octanol–water partition coefficient (Wildman–Crippen LogP) is 14.6. The highest BCUT2D eigenvalue weighted by Crippen LogP contribution is 2.43. The van der Waals surface area contributed by atoms with E-state index < -0.39 is 0 Å². The van der Waals surface area contributed by atoms with Gasteiger partial charge in [-0.05, 0) is 64.7 Å². The van der Waals surface area contributed by atoms with E-state index in [-0.39, 0.29) is 0 Å². The highest BCUT2D eigenvalue weighted by atomic mass is 16.3. The highest BCUT2D eigenvalue weighted by Gasteiger charge is 2.24. The SMILES string of the molecule is c1ccc(-c2cccc(-n3c4ccccc4c4ccc5c6ccccc6n(-c6nc(-c7ccccc7)nc(-c7ccc8c(c7)oc7cccc(-c9ccccc9)c78)n6)c5c43)c2)cc1. The molecule has 0 fully saturated rings. The summed E-state index contributed by atoms with van der Waals surface area (Å²) in [5.74, 6) is 1.67. The monoisotopic (exact) mass is 805 g/mol. The number of furan rings is 1. The summed E-state index contributed by atoms with van der Waals surface area (Å²) < 4.78 is 11.3. The molecule has 0 aliphatic heterocycles. The summed E-state index contributed by atoms with van der Waals surface area (Å²) in [5.41, 5.74) is 13.2. The molecule has 0 radical (unpaired) electrons. The molecule has 4 aromatic heterocycles. The Bertz CT molecular complexity index is 3900. The molecular weight excluding hydrogens is 771 g/mol. The van der Waals surface area contributed by atoms with Crippen molar-refractivity contribution in [2.24, 2.45) is 0 Å². The van der Waals surface area contributed by atoms with Crippen LogP contribution in [-0.4, -0.2) is 24.1 Å². The minimum absolute atomic E-state index is 0.531. The van der Waals surface area contributed by atoms with Gasteiger partial charge in [-0.15, -0.1) is 0 Å². The maximum atomic E-state index is 6.60. The van der Waals surface area contributed by atoms with E-state index in [1.807, 2.05) is 30.3 Å². The minimum atomic E-state index is 0.531. The van der Waals surface area contributed by atoms with Crippen LogP contribution in [0.2, 0.25) is 0 Å². The van der Waals surface area contributed by atoms with E-state index in [0.29, 0.717) is 17.6 Å². The lowest BCUT2D eigenvalue weighted by atomic mass is 9.99. The molecule has 13 aromatic rings. The molecule has 0 amide bonds. The van der Waals surface area contributed by atoms with Gasteiger partial charge in [-0.3, -0.25) is 4.57 Å². The largest absolute Gasteiger partial charge is 0.456 e. The zero-order chi connectivity index (χ0) is 41.4. The molecule has 0 unspecified atom stereocenters. The summed E-state index contributed by atoms with van der Waals surface area (Å²) in [6.07, 6.45) is 0. The van der Waals surface area contributed by atoms with Gasteiger partial charge in [-0.2, -0.15) is 9.97 Å². The van der Waals surface area contributed by atoms with Crippen LogP contribution in [-0.2, 0) is 0 Å². The van der Waals surface area contributed by atoms with Gasteiger partial charge in [-0.1, -0.05) is 170 Å². The Hall–Kier alpha value is -8.61. The van der Waals surface area contributed by atoms with Crippen molar-refractivity contribution in [3.8, 4) is 56.7 Å². The van der Waals surface area contributed by atoms with Gasteiger partial charge in [0.2, 0.25) is 5.95 Å². The van der Waals surface area contributed by atoms with E-state index in [9.17, 15) is 0 Å². The van der Waals surface area contributed by atoms with Gasteiger partial charge in [0.1, 0.15) is 11.2 Å². The summed E-state index contributed by atoms with van der Waals surface area (Å²) in [5, 5.41) is 6.68. The Kier molecular flexibility index (Phi) is 7.80. The molecule has 0 bridgehead atoms. The Morgan fingerprint density at radius 3 is 1.60 bits per heavy atom. The second-order valence-electron chi connectivity index (χ2n) is 16.0. The Balaban J connectivity index is 1.09. The number of para-hydroxylation sites is 2. The van der Waals surface area contributed by atoms with Gasteiger partial charge >= 0.3 is 0 Å². The van der Waals surface area contributed by atoms with E-state index in [1.165, 1.54) is 10.9 Å². The summed E-state index contributed by atoms with van der Waals surface area (Å²) in [4.78, 5) is 15.9. The van der Waals surface area contributed by atoms with Crippen molar-refractivity contribution < 1.29 is 4.42 Å². The Morgan fingerprint density at radius 1 is 0.333 bits per heavy atom. The van der Waals surface area contributed by atoms with Crippen molar-refractivity contribution in [2.75, 3.05) is 0 Å². The summed E-state index contributed by atoms with van der Waals surface area (Å²) in [6, 6.07) is 74.4. The smallest absolute Gasteiger partial charge is 0.238 e. The fourth-order valence-corrected chi connectivity index (χ4v) is 9.57. The molecule has 0 saturated heterocycles. The van der Waals surface area contributed by atoms with E-state index >= 15 is 0 Å². The lowest BCUT2D eigenvalue weighted by Crippen LogP contribution is -2.07. The normalized spacial score (nSPS) is 11.8. The van der Waals surface area contributed by atoms with Crippen LogP contribution < -0.4 is 0 Å². The molecule has 6 nitrogen and oxygen atoms in total. The van der Waals surface area contributed by atoms with Crippen molar-refractivity contribution in [3.05, 3.63) is 212 Å². The zero-order valence-corrected chi connectivity index (χ0v) is 33.9. The van der Waals surface area contributed by atoms with Gasteiger partial charge in [0, 0.05) is 49.1 Å². The van der Waals surface area contributed by atoms with E-state index in [4.69, 9.17) is 19.4 Å². The number of benzene rings is 9. The summed E-state index contributed by atoms with van der Waals surface area (Å²) >= 11 is 0. The standard InChI is InChI=1S/C57H35N5O/c1-4-16-36(17-5-1)39-22-14-23-41(34-39)61-48-27-12-10-24-43(48)45-32-33-46-44-25-11-13-28-49(44)62(54(46)53(45)61)57-59-55(38-20-8-3-9-21-38)58-56(60-57)40-30-31-47-51(35-40)63-50-29-15-26-42(52(47)50)37-18-6-2-7-19-37/h1-35H. The molecule has 294 valence electrons. The van der Waals surface area contributed by atoms with E-state index in [0.717, 1.165) is 93.7 Å². The molecule has 0 spiro atoms. The second kappa shape index (κ2) is 14.0. The first-order valence-corrected chi connectivity index (χ1v) is 21.2. The van der Waals surface area contributed by atoms with E-state index in [1.54, 1.807) is 0 Å². The number of hydrogen-bond acceptors (Lipinski definition) is 4. The third kappa shape index (κ3) is 5.55. The number of rotatable bonds is 6. The van der Waals surface area contributed by atoms with Crippen molar-refractivity contribution in [1.29, 1.82) is 0 Å². The summed E-state index contributed by atoms with van der Waals surface area (Å²) in [7, 11) is 0. The van der Waals surface area contributed by atoms with Crippen LogP contribution in [0.3, 0.4) is 0 Å². The number of fused-ring (bicyclic) bond motifs is 10. The molecule has 9 aromatic carbocycles. The molecule has 13 rings (SSSR count). The van der Waals surface area contributed by atoms with Crippen LogP contribution in [0.15, 0.2) is 217 Å². The number of aromatic nitrogens is 5. The van der Waals surface area contributed by atoms with Gasteiger partial charge in [0.05, 0.1) is 22.1 Å². The molecular formula is C57H35N5O. The summed E-state index contributed by atoms with van der Waals surface area (Å²) in [6.45, 7) is 0. The Morgan fingerprint density at radius 2 is 0.889 bits per heavy atom. The first-order chi connectivity index (χ1) is 31.2. The third-order valence-corrected chi connectivity index (χ3v) is 12.4. The highest BCUT2D eigenvalue weighted by molar-refractivity contribution is 6.23. The number of nitrogens with zero attached hydrogens (tertiary/aromatic N) is 5. The zero-order valence-electron chi connectivity index (χ0n) is 33.9. The minimum Gasteiger partial charge on any atom is -0.456 e. The van der Waals surface area contributed by atoms with Crippen LogP contribution in [0, 0.1) is 0 Å². The first kappa shape index (κ1) is 35.2. The van der Waals surface area contributed by atoms with Gasteiger partial charge in [0.15, 0.2) is 11.6 Å². The molecule has 6 heteroatoms. The van der Waals surface area contributed by atoms with Crippen LogP contribution >= 0.6 is 0 Å². The molecule has 0 aliphatic rings. The van der Waals surface area contributed by atoms with Gasteiger partial charge < -0.3 is 8.98 Å². The molecule has 0 saturated carbocycles. The lowest BCUT2D eigenvalue weighted by molar-refractivity contribution is 0.669. The predicted molar refractivity (Wildman–Crippen MR) is 258 cm³/mol. The fourth-order valence-electron chi connectivity index (χ4n) is 9.57. The quantitative estimate of drug-likeness (QED) is 0.168. The maximum Gasteiger partial charge on any atom is 0.238 e. The van der Waals surface area contributed by atoms with Crippen molar-refractivity contribution in [1.82, 2.24) is 24.1 Å². The molecule has 0 aliphatic carbocycles. The van der Waals surface area contributed by atoms with Gasteiger partial charge in [0.25, 0.3) is 0 Å².